The summed E-state index contributed by atoms with van der Waals surface area (Å²) in [4.78, 5) is 0. The third kappa shape index (κ3) is 3.89. The van der Waals surface area contributed by atoms with Crippen LogP contribution >= 0.6 is 7.92 Å². The number of ether oxygens (including phenoxy) is 1. The van der Waals surface area contributed by atoms with Crippen LogP contribution in [-0.2, 0) is 0 Å². The van der Waals surface area contributed by atoms with Crippen molar-refractivity contribution >= 4 is 45.4 Å². The van der Waals surface area contributed by atoms with E-state index in [-0.39, 0.29) is 0 Å². The summed E-state index contributed by atoms with van der Waals surface area (Å²) in [5.41, 5.74) is 2.58. The summed E-state index contributed by atoms with van der Waals surface area (Å²) in [5, 5.41) is 8.94. The van der Waals surface area contributed by atoms with Crippen LogP contribution in [0.3, 0.4) is 0 Å². The first-order chi connectivity index (χ1) is 17.3. The van der Waals surface area contributed by atoms with E-state index in [4.69, 9.17) is 4.74 Å². The molecule has 1 nitrogen and oxygen atoms in total. The summed E-state index contributed by atoms with van der Waals surface area (Å²) in [6, 6.07) is 48.0. The van der Waals surface area contributed by atoms with Crippen molar-refractivity contribution in [3.05, 3.63) is 133 Å². The molecule has 0 aromatic heterocycles. The standard InChI is InChI=1S/C33H25OP/c1-34-30-20-9-10-21-31(30)35(26-15-3-2-4-16-26)32-23-22-25-13-6-8-18-28(25)33(32)29-19-11-14-24-12-5-7-17-27(24)29/h2-23H,1H3/t35-/m0/s1. The van der Waals surface area contributed by atoms with E-state index in [1.165, 1.54) is 48.6 Å². The van der Waals surface area contributed by atoms with Gasteiger partial charge in [0.2, 0.25) is 0 Å². The highest BCUT2D eigenvalue weighted by atomic mass is 31.1. The third-order valence-corrected chi connectivity index (χ3v) is 9.07. The predicted octanol–water partition coefficient (Wildman–Crippen LogP) is 7.43. The summed E-state index contributed by atoms with van der Waals surface area (Å²) in [7, 11) is 0.897. The van der Waals surface area contributed by atoms with Gasteiger partial charge in [-0.3, -0.25) is 0 Å². The minimum absolute atomic E-state index is 0.871. The van der Waals surface area contributed by atoms with Crippen molar-refractivity contribution in [1.82, 2.24) is 0 Å². The number of methoxy groups -OCH3 is 1. The summed E-state index contributed by atoms with van der Waals surface area (Å²) in [6.45, 7) is 0. The van der Waals surface area contributed by atoms with E-state index in [1.54, 1.807) is 7.11 Å². The molecule has 0 heterocycles. The van der Waals surface area contributed by atoms with Gasteiger partial charge in [0.05, 0.1) is 7.11 Å². The van der Waals surface area contributed by atoms with Crippen LogP contribution in [0.15, 0.2) is 133 Å². The van der Waals surface area contributed by atoms with Crippen molar-refractivity contribution in [3.63, 3.8) is 0 Å². The van der Waals surface area contributed by atoms with Gasteiger partial charge in [0.25, 0.3) is 0 Å². The van der Waals surface area contributed by atoms with Gasteiger partial charge in [-0.25, -0.2) is 0 Å². The van der Waals surface area contributed by atoms with Crippen LogP contribution in [0.1, 0.15) is 0 Å². The van der Waals surface area contributed by atoms with Crippen LogP contribution in [0.4, 0.5) is 0 Å². The first-order valence-electron chi connectivity index (χ1n) is 11.8. The Labute approximate surface area is 207 Å². The molecule has 6 aromatic rings. The monoisotopic (exact) mass is 468 g/mol. The Morgan fingerprint density at radius 3 is 1.91 bits per heavy atom. The molecule has 0 saturated heterocycles. The zero-order chi connectivity index (χ0) is 23.6. The molecule has 0 aliphatic rings. The number of benzene rings is 6. The molecule has 0 amide bonds. The fourth-order valence-electron chi connectivity index (χ4n) is 4.97. The van der Waals surface area contributed by atoms with Gasteiger partial charge in [-0.1, -0.05) is 127 Å². The van der Waals surface area contributed by atoms with E-state index < -0.39 is 7.92 Å². The largest absolute Gasteiger partial charge is 0.496 e. The highest BCUT2D eigenvalue weighted by Crippen LogP contribution is 2.43. The van der Waals surface area contributed by atoms with Crippen molar-refractivity contribution in [2.24, 2.45) is 0 Å². The quantitative estimate of drug-likeness (QED) is 0.239. The lowest BCUT2D eigenvalue weighted by atomic mass is 9.94. The average Bonchev–Trinajstić information content (AvgIpc) is 2.94. The zero-order valence-electron chi connectivity index (χ0n) is 19.6. The van der Waals surface area contributed by atoms with Crippen molar-refractivity contribution < 1.29 is 4.74 Å². The molecule has 0 bridgehead atoms. The maximum absolute atomic E-state index is 5.89. The number of hydrogen-bond acceptors (Lipinski definition) is 1. The SMILES string of the molecule is COc1ccccc1[P@](c1ccccc1)c1ccc2ccccc2c1-c1cccc2ccccc12. The summed E-state index contributed by atoms with van der Waals surface area (Å²) in [5.74, 6) is 0.930. The molecule has 1 atom stereocenters. The second kappa shape index (κ2) is 9.37. The highest BCUT2D eigenvalue weighted by Gasteiger charge is 2.25. The van der Waals surface area contributed by atoms with E-state index in [0.717, 1.165) is 5.75 Å². The molecule has 0 spiro atoms. The lowest BCUT2D eigenvalue weighted by Crippen LogP contribution is -2.23. The van der Waals surface area contributed by atoms with Gasteiger partial charge in [-0.05, 0) is 57.3 Å². The second-order valence-corrected chi connectivity index (χ2v) is 10.7. The van der Waals surface area contributed by atoms with Crippen LogP contribution in [-0.4, -0.2) is 7.11 Å². The van der Waals surface area contributed by atoms with Crippen LogP contribution in [0.2, 0.25) is 0 Å². The van der Waals surface area contributed by atoms with Crippen LogP contribution in [0.25, 0.3) is 32.7 Å². The van der Waals surface area contributed by atoms with Crippen molar-refractivity contribution in [2.45, 2.75) is 0 Å². The number of hydrogen-bond donors (Lipinski definition) is 0. The van der Waals surface area contributed by atoms with Gasteiger partial charge in [-0.15, -0.1) is 0 Å². The molecule has 6 rings (SSSR count). The van der Waals surface area contributed by atoms with Crippen LogP contribution < -0.4 is 20.7 Å². The molecule has 35 heavy (non-hydrogen) atoms. The summed E-state index contributed by atoms with van der Waals surface area (Å²) < 4.78 is 5.89. The van der Waals surface area contributed by atoms with Gasteiger partial charge >= 0.3 is 0 Å². The number of fused-ring (bicyclic) bond motifs is 2. The Kier molecular flexibility index (Phi) is 5.78. The van der Waals surface area contributed by atoms with Crippen molar-refractivity contribution in [3.8, 4) is 16.9 Å². The molecule has 0 radical (unpaired) electrons. The van der Waals surface area contributed by atoms with Gasteiger partial charge < -0.3 is 4.74 Å². The molecule has 0 unspecified atom stereocenters. The van der Waals surface area contributed by atoms with Gasteiger partial charge in [-0.2, -0.15) is 0 Å². The summed E-state index contributed by atoms with van der Waals surface area (Å²) >= 11 is 0. The van der Waals surface area contributed by atoms with E-state index in [2.05, 4.69) is 127 Å². The van der Waals surface area contributed by atoms with Crippen molar-refractivity contribution in [2.75, 3.05) is 7.11 Å². The minimum atomic E-state index is -0.871. The fourth-order valence-corrected chi connectivity index (χ4v) is 7.57. The van der Waals surface area contributed by atoms with Crippen LogP contribution in [0.5, 0.6) is 5.75 Å². The Bertz CT molecular complexity index is 1630. The first kappa shape index (κ1) is 21.6. The Balaban J connectivity index is 1.74. The molecule has 0 saturated carbocycles. The molecule has 0 fully saturated rings. The first-order valence-corrected chi connectivity index (χ1v) is 13.2. The average molecular weight is 469 g/mol. The molecule has 0 aliphatic heterocycles. The Morgan fingerprint density at radius 2 is 1.11 bits per heavy atom. The predicted molar refractivity (Wildman–Crippen MR) is 152 cm³/mol. The molecule has 6 aromatic carbocycles. The van der Waals surface area contributed by atoms with Gasteiger partial charge in [0.1, 0.15) is 5.75 Å². The van der Waals surface area contributed by atoms with Gasteiger partial charge in [0.15, 0.2) is 0 Å². The highest BCUT2D eigenvalue weighted by molar-refractivity contribution is 7.80. The van der Waals surface area contributed by atoms with E-state index in [9.17, 15) is 0 Å². The molecule has 0 aliphatic carbocycles. The van der Waals surface area contributed by atoms with Crippen molar-refractivity contribution in [1.29, 1.82) is 0 Å². The fraction of sp³-hybridized carbons (Fsp3) is 0.0303. The summed E-state index contributed by atoms with van der Waals surface area (Å²) in [6.07, 6.45) is 0. The normalized spacial score (nSPS) is 12.0. The lowest BCUT2D eigenvalue weighted by Gasteiger charge is -2.25. The third-order valence-electron chi connectivity index (χ3n) is 6.55. The molecular formula is C33H25OP. The van der Waals surface area contributed by atoms with E-state index in [0.29, 0.717) is 0 Å². The number of para-hydroxylation sites is 1. The number of rotatable bonds is 5. The molecule has 2 heteroatoms. The van der Waals surface area contributed by atoms with Gasteiger partial charge in [0, 0.05) is 5.30 Å². The smallest absolute Gasteiger partial charge is 0.127 e. The second-order valence-electron chi connectivity index (χ2n) is 8.55. The van der Waals surface area contributed by atoms with E-state index >= 15 is 0 Å². The Morgan fingerprint density at radius 1 is 0.486 bits per heavy atom. The molecular weight excluding hydrogens is 443 g/mol. The van der Waals surface area contributed by atoms with Crippen LogP contribution in [0, 0.1) is 0 Å². The lowest BCUT2D eigenvalue weighted by molar-refractivity contribution is 0.418. The minimum Gasteiger partial charge on any atom is -0.496 e. The van der Waals surface area contributed by atoms with E-state index in [1.807, 2.05) is 6.07 Å². The maximum Gasteiger partial charge on any atom is 0.127 e. The maximum atomic E-state index is 5.89. The molecule has 168 valence electrons. The zero-order valence-corrected chi connectivity index (χ0v) is 20.5. The Hall–Kier alpha value is -3.93. The molecule has 0 N–H and O–H groups in total. The topological polar surface area (TPSA) is 9.23 Å².